The van der Waals surface area contributed by atoms with Gasteiger partial charge in [0, 0.05) is 37.0 Å². The number of aryl methyl sites for hydroxylation is 2. The van der Waals surface area contributed by atoms with Gasteiger partial charge in [0.25, 0.3) is 5.91 Å². The Hall–Kier alpha value is -1.53. The number of hydrogen-bond acceptors (Lipinski definition) is 5. The fourth-order valence-corrected chi connectivity index (χ4v) is 5.91. The molecule has 3 heterocycles. The molecular weight excluding hydrogens is 368 g/mol. The van der Waals surface area contributed by atoms with E-state index in [9.17, 15) is 4.79 Å². The van der Waals surface area contributed by atoms with Crippen LogP contribution in [0.3, 0.4) is 0 Å². The Morgan fingerprint density at radius 2 is 1.89 bits per heavy atom. The topological polar surface area (TPSA) is 58.1 Å². The molecule has 5 nitrogen and oxygen atoms in total. The van der Waals surface area contributed by atoms with E-state index in [0.717, 1.165) is 63.6 Å². The van der Waals surface area contributed by atoms with Crippen molar-refractivity contribution in [3.05, 3.63) is 22.0 Å². The quantitative estimate of drug-likeness (QED) is 0.814. The molecule has 152 valence electrons. The number of carbonyl (C=O) groups excluding carboxylic acids is 1. The lowest BCUT2D eigenvalue weighted by atomic mass is 9.92. The fourth-order valence-electron chi connectivity index (χ4n) is 4.76. The molecule has 1 aliphatic heterocycles. The van der Waals surface area contributed by atoms with E-state index in [4.69, 9.17) is 9.97 Å². The molecule has 1 saturated heterocycles. The third kappa shape index (κ3) is 4.08. The van der Waals surface area contributed by atoms with E-state index < -0.39 is 0 Å². The van der Waals surface area contributed by atoms with Gasteiger partial charge in [0.2, 0.25) is 0 Å². The van der Waals surface area contributed by atoms with Crippen LogP contribution in [0.4, 0.5) is 0 Å². The van der Waals surface area contributed by atoms with Crippen LogP contribution in [-0.4, -0.2) is 46.5 Å². The summed E-state index contributed by atoms with van der Waals surface area (Å²) in [5.41, 5.74) is 2.02. The fraction of sp³-hybridized carbons (Fsp3) is 0.682. The van der Waals surface area contributed by atoms with Gasteiger partial charge in [0.1, 0.15) is 10.7 Å². The van der Waals surface area contributed by atoms with Crippen molar-refractivity contribution in [3.63, 3.8) is 0 Å². The van der Waals surface area contributed by atoms with Gasteiger partial charge in [-0.2, -0.15) is 0 Å². The third-order valence-electron chi connectivity index (χ3n) is 5.99. The normalized spacial score (nSPS) is 24.5. The van der Waals surface area contributed by atoms with Gasteiger partial charge in [0.05, 0.1) is 10.6 Å². The average Bonchev–Trinajstić information content (AvgIpc) is 3.37. The molecule has 0 radical (unpaired) electrons. The summed E-state index contributed by atoms with van der Waals surface area (Å²) in [6.45, 7) is 14.0. The number of carbonyl (C=O) groups is 1. The van der Waals surface area contributed by atoms with Crippen LogP contribution in [-0.2, 0) is 0 Å². The molecule has 2 aromatic rings. The number of nitrogens with one attached hydrogen (secondary N) is 1. The predicted octanol–water partition coefficient (Wildman–Crippen LogP) is 4.28. The lowest BCUT2D eigenvalue weighted by molar-refractivity contribution is 0.0908. The summed E-state index contributed by atoms with van der Waals surface area (Å²) in [5, 5.41) is 4.29. The standard InChI is InChI=1S/C22H32N4OS/c1-12-8-13(2)10-26(9-12)11-14(3)23-21(27)19-15(4)18-16(5)24-20(17-6-7-17)25-22(18)28-19/h12-14,17H,6-11H2,1-5H3,(H,23,27). The number of piperidine rings is 1. The molecule has 2 fully saturated rings. The van der Waals surface area contributed by atoms with Crippen molar-refractivity contribution in [2.75, 3.05) is 19.6 Å². The van der Waals surface area contributed by atoms with Gasteiger partial charge in [-0.1, -0.05) is 13.8 Å². The highest BCUT2D eigenvalue weighted by Gasteiger charge is 2.29. The zero-order valence-electron chi connectivity index (χ0n) is 17.7. The molecule has 6 heteroatoms. The summed E-state index contributed by atoms with van der Waals surface area (Å²) in [7, 11) is 0. The molecule has 3 unspecified atom stereocenters. The van der Waals surface area contributed by atoms with Gasteiger partial charge >= 0.3 is 0 Å². The van der Waals surface area contributed by atoms with E-state index >= 15 is 0 Å². The van der Waals surface area contributed by atoms with Gasteiger partial charge in [-0.05, 0) is 57.4 Å². The first-order valence-corrected chi connectivity index (χ1v) is 11.4. The summed E-state index contributed by atoms with van der Waals surface area (Å²) in [4.78, 5) is 26.7. The summed E-state index contributed by atoms with van der Waals surface area (Å²) in [5.74, 6) is 2.98. The first kappa shape index (κ1) is 19.8. The number of fused-ring (bicyclic) bond motifs is 1. The number of likely N-dealkylation sites (tertiary alicyclic amines) is 1. The molecule has 0 bridgehead atoms. The summed E-state index contributed by atoms with van der Waals surface area (Å²) in [6.07, 6.45) is 3.68. The molecule has 3 atom stereocenters. The van der Waals surface area contributed by atoms with Gasteiger partial charge < -0.3 is 10.2 Å². The number of aromatic nitrogens is 2. The number of amides is 1. The third-order valence-corrected chi connectivity index (χ3v) is 7.18. The molecule has 4 rings (SSSR count). The Morgan fingerprint density at radius 3 is 2.54 bits per heavy atom. The maximum atomic E-state index is 13.0. The molecule has 1 saturated carbocycles. The second-order valence-corrected chi connectivity index (χ2v) is 10.2. The first-order chi connectivity index (χ1) is 13.3. The maximum absolute atomic E-state index is 13.0. The summed E-state index contributed by atoms with van der Waals surface area (Å²) >= 11 is 1.52. The molecule has 1 N–H and O–H groups in total. The minimum Gasteiger partial charge on any atom is -0.348 e. The van der Waals surface area contributed by atoms with E-state index in [1.54, 1.807) is 0 Å². The van der Waals surface area contributed by atoms with Crippen molar-refractivity contribution in [3.8, 4) is 0 Å². The molecule has 2 aliphatic rings. The van der Waals surface area contributed by atoms with Gasteiger partial charge in [-0.3, -0.25) is 4.79 Å². The molecule has 28 heavy (non-hydrogen) atoms. The summed E-state index contributed by atoms with van der Waals surface area (Å²) < 4.78 is 0. The van der Waals surface area contributed by atoms with Crippen LogP contribution in [0.1, 0.15) is 72.7 Å². The van der Waals surface area contributed by atoms with Crippen LogP contribution >= 0.6 is 11.3 Å². The zero-order chi connectivity index (χ0) is 20.0. The van der Waals surface area contributed by atoms with Crippen LogP contribution in [0.25, 0.3) is 10.2 Å². The number of thiophene rings is 1. The first-order valence-electron chi connectivity index (χ1n) is 10.6. The predicted molar refractivity (Wildman–Crippen MR) is 115 cm³/mol. The lowest BCUT2D eigenvalue weighted by Crippen LogP contribution is -2.46. The average molecular weight is 401 g/mol. The van der Waals surface area contributed by atoms with E-state index in [1.165, 1.54) is 30.6 Å². The Balaban J connectivity index is 1.47. The van der Waals surface area contributed by atoms with Crippen molar-refractivity contribution in [1.82, 2.24) is 20.2 Å². The van der Waals surface area contributed by atoms with Crippen molar-refractivity contribution in [1.29, 1.82) is 0 Å². The largest absolute Gasteiger partial charge is 0.348 e. The lowest BCUT2D eigenvalue weighted by Gasteiger charge is -2.36. The Kier molecular flexibility index (Phi) is 5.45. The van der Waals surface area contributed by atoms with Crippen molar-refractivity contribution < 1.29 is 4.79 Å². The highest BCUT2D eigenvalue weighted by Crippen LogP contribution is 2.40. The molecule has 2 aromatic heterocycles. The highest BCUT2D eigenvalue weighted by molar-refractivity contribution is 7.20. The smallest absolute Gasteiger partial charge is 0.261 e. The van der Waals surface area contributed by atoms with Gasteiger partial charge in [-0.15, -0.1) is 11.3 Å². The van der Waals surface area contributed by atoms with Crippen molar-refractivity contribution >= 4 is 27.5 Å². The van der Waals surface area contributed by atoms with E-state index in [0.29, 0.717) is 5.92 Å². The SMILES string of the molecule is Cc1nc(C2CC2)nc2sc(C(=O)NC(C)CN3CC(C)CC(C)C3)c(C)c12. The number of nitrogens with zero attached hydrogens (tertiary/aromatic N) is 3. The minimum atomic E-state index is 0.0264. The molecule has 1 aliphatic carbocycles. The van der Waals surface area contributed by atoms with Crippen LogP contribution in [0.15, 0.2) is 0 Å². The molecule has 0 aromatic carbocycles. The summed E-state index contributed by atoms with van der Waals surface area (Å²) in [6, 6.07) is 0.129. The molecule has 1 amide bonds. The van der Waals surface area contributed by atoms with Crippen LogP contribution in [0, 0.1) is 25.7 Å². The second kappa shape index (κ2) is 7.71. The molecular formula is C22H32N4OS. The second-order valence-electron chi connectivity index (χ2n) is 9.22. The number of hydrogen-bond donors (Lipinski definition) is 1. The Morgan fingerprint density at radius 1 is 1.21 bits per heavy atom. The Bertz CT molecular complexity index is 878. The Labute approximate surface area is 171 Å². The van der Waals surface area contributed by atoms with E-state index in [1.807, 2.05) is 13.8 Å². The monoisotopic (exact) mass is 400 g/mol. The van der Waals surface area contributed by atoms with Crippen LogP contribution < -0.4 is 5.32 Å². The molecule has 0 spiro atoms. The zero-order valence-corrected chi connectivity index (χ0v) is 18.5. The van der Waals surface area contributed by atoms with Crippen LogP contribution in [0.5, 0.6) is 0 Å². The van der Waals surface area contributed by atoms with Crippen molar-refractivity contribution in [2.24, 2.45) is 11.8 Å². The van der Waals surface area contributed by atoms with E-state index in [-0.39, 0.29) is 11.9 Å². The minimum absolute atomic E-state index is 0.0264. The number of rotatable bonds is 5. The van der Waals surface area contributed by atoms with Crippen LogP contribution in [0.2, 0.25) is 0 Å². The highest BCUT2D eigenvalue weighted by atomic mass is 32.1. The van der Waals surface area contributed by atoms with Gasteiger partial charge in [0.15, 0.2) is 0 Å². The van der Waals surface area contributed by atoms with E-state index in [2.05, 4.69) is 31.0 Å². The maximum Gasteiger partial charge on any atom is 0.261 e. The van der Waals surface area contributed by atoms with Crippen molar-refractivity contribution in [2.45, 2.75) is 65.8 Å². The van der Waals surface area contributed by atoms with Gasteiger partial charge in [-0.25, -0.2) is 9.97 Å².